The number of amides is 1. The van der Waals surface area contributed by atoms with Gasteiger partial charge in [-0.05, 0) is 47.4 Å². The largest absolute Gasteiger partial charge is 0.457 e. The van der Waals surface area contributed by atoms with Gasteiger partial charge in [-0.15, -0.1) is 0 Å². The normalized spacial score (nSPS) is 12.8. The van der Waals surface area contributed by atoms with Crippen molar-refractivity contribution in [2.45, 2.75) is 32.8 Å². The van der Waals surface area contributed by atoms with E-state index in [0.717, 1.165) is 5.56 Å². The summed E-state index contributed by atoms with van der Waals surface area (Å²) in [6.07, 6.45) is 1.61. The van der Waals surface area contributed by atoms with Gasteiger partial charge in [0.1, 0.15) is 12.4 Å². The first-order valence-corrected chi connectivity index (χ1v) is 9.76. The molecule has 0 aliphatic carbocycles. The number of benzene rings is 2. The van der Waals surface area contributed by atoms with Crippen molar-refractivity contribution in [1.82, 2.24) is 4.98 Å². The Hall–Kier alpha value is -3.67. The predicted octanol–water partition coefficient (Wildman–Crippen LogP) is 5.05. The zero-order chi connectivity index (χ0) is 21.3. The van der Waals surface area contributed by atoms with E-state index in [-0.39, 0.29) is 23.9 Å². The number of anilines is 3. The maximum Gasteiger partial charge on any atom is 0.338 e. The first-order valence-electron chi connectivity index (χ1n) is 9.76. The molecule has 6 nitrogen and oxygen atoms in total. The van der Waals surface area contributed by atoms with E-state index in [4.69, 9.17) is 4.74 Å². The lowest BCUT2D eigenvalue weighted by atomic mass is 9.87. The molecule has 3 aromatic rings. The summed E-state index contributed by atoms with van der Waals surface area (Å²) in [6, 6.07) is 16.6. The molecule has 0 bridgehead atoms. The van der Waals surface area contributed by atoms with Crippen LogP contribution in [0.15, 0.2) is 60.8 Å². The van der Waals surface area contributed by atoms with Gasteiger partial charge in [0.05, 0.1) is 11.1 Å². The van der Waals surface area contributed by atoms with E-state index in [0.29, 0.717) is 28.3 Å². The van der Waals surface area contributed by atoms with Crippen molar-refractivity contribution in [3.63, 3.8) is 0 Å². The summed E-state index contributed by atoms with van der Waals surface area (Å²) < 4.78 is 5.11. The number of nitrogens with one attached hydrogen (secondary N) is 2. The molecular weight excluding hydrogens is 378 g/mol. The highest BCUT2D eigenvalue weighted by Crippen LogP contribution is 2.30. The molecule has 4 rings (SSSR count). The topological polar surface area (TPSA) is 80.3 Å². The molecule has 1 amide bonds. The van der Waals surface area contributed by atoms with Crippen LogP contribution in [0.2, 0.25) is 0 Å². The lowest BCUT2D eigenvalue weighted by molar-refractivity contribution is 0.0535. The van der Waals surface area contributed by atoms with Gasteiger partial charge in [-0.2, -0.15) is 0 Å². The smallest absolute Gasteiger partial charge is 0.338 e. The monoisotopic (exact) mass is 401 g/mol. The lowest BCUT2D eigenvalue weighted by Crippen LogP contribution is -2.15. The molecule has 0 fully saturated rings. The molecule has 0 atom stereocenters. The van der Waals surface area contributed by atoms with Crippen LogP contribution in [-0.4, -0.2) is 16.9 Å². The van der Waals surface area contributed by atoms with Crippen LogP contribution in [0.4, 0.5) is 17.2 Å². The standard InChI is InChI=1S/C24H23N3O3/c1-24(2,3)15-9-11-16(12-10-15)26-22(28)18-7-5-13-25-21(18)27-20-8-4-6-17-19(20)14-30-23(17)29/h4-13H,14H2,1-3H3,(H,25,27)(H,26,28). The number of pyridine rings is 1. The molecule has 2 N–H and O–H groups in total. The summed E-state index contributed by atoms with van der Waals surface area (Å²) >= 11 is 0. The van der Waals surface area contributed by atoms with Crippen molar-refractivity contribution in [3.05, 3.63) is 83.0 Å². The molecule has 0 saturated carbocycles. The number of nitrogens with zero attached hydrogens (tertiary/aromatic N) is 1. The Morgan fingerprint density at radius 3 is 2.53 bits per heavy atom. The van der Waals surface area contributed by atoms with Crippen LogP contribution in [-0.2, 0) is 16.8 Å². The average Bonchev–Trinajstić information content (AvgIpc) is 3.10. The molecule has 6 heteroatoms. The fourth-order valence-electron chi connectivity index (χ4n) is 3.33. The number of fused-ring (bicyclic) bond motifs is 1. The Labute approximate surface area is 175 Å². The number of aromatic nitrogens is 1. The first-order chi connectivity index (χ1) is 14.3. The number of carbonyl (C=O) groups is 2. The lowest BCUT2D eigenvalue weighted by Gasteiger charge is -2.19. The number of rotatable bonds is 4. The number of hydrogen-bond donors (Lipinski definition) is 2. The molecule has 2 aromatic carbocycles. The molecule has 0 unspecified atom stereocenters. The Morgan fingerprint density at radius 1 is 1.03 bits per heavy atom. The van der Waals surface area contributed by atoms with Crippen LogP contribution in [0.1, 0.15) is 52.6 Å². The van der Waals surface area contributed by atoms with Gasteiger partial charge in [0.15, 0.2) is 0 Å². The third-order valence-corrected chi connectivity index (χ3v) is 5.06. The molecule has 1 aliphatic rings. The maximum atomic E-state index is 12.9. The minimum atomic E-state index is -0.341. The minimum Gasteiger partial charge on any atom is -0.457 e. The van der Waals surface area contributed by atoms with Gasteiger partial charge in [0.25, 0.3) is 5.91 Å². The molecule has 0 radical (unpaired) electrons. The van der Waals surface area contributed by atoms with E-state index < -0.39 is 0 Å². The van der Waals surface area contributed by atoms with E-state index in [1.165, 1.54) is 5.56 Å². The fraction of sp³-hybridized carbons (Fsp3) is 0.208. The third kappa shape index (κ3) is 3.89. The van der Waals surface area contributed by atoms with Gasteiger partial charge >= 0.3 is 5.97 Å². The van der Waals surface area contributed by atoms with Gasteiger partial charge in [0.2, 0.25) is 0 Å². The number of carbonyl (C=O) groups excluding carboxylic acids is 2. The number of hydrogen-bond acceptors (Lipinski definition) is 5. The minimum absolute atomic E-state index is 0.0457. The van der Waals surface area contributed by atoms with Gasteiger partial charge in [0, 0.05) is 23.1 Å². The quantitative estimate of drug-likeness (QED) is 0.598. The molecule has 1 aromatic heterocycles. The SMILES string of the molecule is CC(C)(C)c1ccc(NC(=O)c2cccnc2Nc2cccc3c2COC3=O)cc1. The van der Waals surface area contributed by atoms with Crippen molar-refractivity contribution < 1.29 is 14.3 Å². The highest BCUT2D eigenvalue weighted by Gasteiger charge is 2.24. The van der Waals surface area contributed by atoms with E-state index in [2.05, 4.69) is 36.4 Å². The van der Waals surface area contributed by atoms with Crippen LogP contribution < -0.4 is 10.6 Å². The highest BCUT2D eigenvalue weighted by atomic mass is 16.5. The summed E-state index contributed by atoms with van der Waals surface area (Å²) in [6.45, 7) is 6.64. The predicted molar refractivity (Wildman–Crippen MR) is 116 cm³/mol. The Bertz CT molecular complexity index is 1120. The summed E-state index contributed by atoms with van der Waals surface area (Å²) in [4.78, 5) is 29.1. The van der Waals surface area contributed by atoms with Gasteiger partial charge in [-0.25, -0.2) is 9.78 Å². The van der Waals surface area contributed by atoms with Crippen molar-refractivity contribution >= 4 is 29.1 Å². The van der Waals surface area contributed by atoms with Crippen LogP contribution in [0, 0.1) is 0 Å². The summed E-state index contributed by atoms with van der Waals surface area (Å²) in [7, 11) is 0. The molecule has 1 aliphatic heterocycles. The molecule has 152 valence electrons. The van der Waals surface area contributed by atoms with Gasteiger partial charge in [-0.1, -0.05) is 39.0 Å². The molecule has 30 heavy (non-hydrogen) atoms. The highest BCUT2D eigenvalue weighted by molar-refractivity contribution is 6.08. The van der Waals surface area contributed by atoms with Gasteiger partial charge in [-0.3, -0.25) is 4.79 Å². The number of esters is 1. The second-order valence-electron chi connectivity index (χ2n) is 8.21. The van der Waals surface area contributed by atoms with Crippen molar-refractivity contribution in [2.75, 3.05) is 10.6 Å². The van der Waals surface area contributed by atoms with Crippen LogP contribution in [0.3, 0.4) is 0 Å². The van der Waals surface area contributed by atoms with Gasteiger partial charge < -0.3 is 15.4 Å². The second kappa shape index (κ2) is 7.63. The Kier molecular flexibility index (Phi) is 4.99. The fourth-order valence-corrected chi connectivity index (χ4v) is 3.33. The van der Waals surface area contributed by atoms with Crippen LogP contribution in [0.25, 0.3) is 0 Å². The van der Waals surface area contributed by atoms with Crippen molar-refractivity contribution in [1.29, 1.82) is 0 Å². The summed E-state index contributed by atoms with van der Waals surface area (Å²) in [5.41, 5.74) is 4.34. The molecule has 0 spiro atoms. The first kappa shape index (κ1) is 19.6. The molecule has 2 heterocycles. The van der Waals surface area contributed by atoms with Crippen molar-refractivity contribution in [3.8, 4) is 0 Å². The second-order valence-corrected chi connectivity index (χ2v) is 8.21. The third-order valence-electron chi connectivity index (χ3n) is 5.06. The maximum absolute atomic E-state index is 12.9. The number of ether oxygens (including phenoxy) is 1. The van der Waals surface area contributed by atoms with E-state index in [9.17, 15) is 9.59 Å². The summed E-state index contributed by atoms with van der Waals surface area (Å²) in [5, 5.41) is 6.11. The summed E-state index contributed by atoms with van der Waals surface area (Å²) in [5.74, 6) is -0.200. The average molecular weight is 401 g/mol. The van der Waals surface area contributed by atoms with E-state index in [1.807, 2.05) is 30.3 Å². The Balaban J connectivity index is 1.57. The molecular formula is C24H23N3O3. The van der Waals surface area contributed by atoms with E-state index in [1.54, 1.807) is 30.5 Å². The number of cyclic esters (lactones) is 1. The Morgan fingerprint density at radius 2 is 1.80 bits per heavy atom. The zero-order valence-electron chi connectivity index (χ0n) is 17.2. The van der Waals surface area contributed by atoms with Crippen LogP contribution >= 0.6 is 0 Å². The van der Waals surface area contributed by atoms with Crippen LogP contribution in [0.5, 0.6) is 0 Å². The molecule has 0 saturated heterocycles. The van der Waals surface area contributed by atoms with Crippen molar-refractivity contribution in [2.24, 2.45) is 0 Å². The van der Waals surface area contributed by atoms with E-state index >= 15 is 0 Å². The zero-order valence-corrected chi connectivity index (χ0v) is 17.2.